The molecule has 0 rings (SSSR count). The molecule has 0 N–H and O–H groups in total. The second-order valence-electron chi connectivity index (χ2n) is 0.793. The molecule has 0 aliphatic heterocycles. The Hall–Kier alpha value is 0.0100. The first-order valence-electron chi connectivity index (χ1n) is 1.68. The molecule has 0 aromatic carbocycles. The molecule has 0 saturated heterocycles. The minimum absolute atomic E-state index is 0. The second-order valence-corrected chi connectivity index (χ2v) is 0.793. The number of esters is 1. The predicted molar refractivity (Wildman–Crippen MR) is 28.2 cm³/mol. The van der Waals surface area contributed by atoms with Crippen LogP contribution in [0.5, 0.6) is 0 Å². The van der Waals surface area contributed by atoms with Crippen LogP contribution in [0.1, 0.15) is 6.92 Å². The number of ether oxygens (including phenoxy) is 1. The Kier molecular flexibility index (Phi) is 19.4. The van der Waals surface area contributed by atoms with E-state index in [2.05, 4.69) is 4.74 Å². The van der Waals surface area contributed by atoms with Gasteiger partial charge in [-0.1, -0.05) is 0 Å². The molecule has 0 heterocycles. The first kappa shape index (κ1) is 16.0. The maximum atomic E-state index is 9.87. The Morgan fingerprint density at radius 2 is 2.11 bits per heavy atom. The summed E-state index contributed by atoms with van der Waals surface area (Å²) in [5.74, 6) is -0.671. The van der Waals surface area contributed by atoms with Gasteiger partial charge in [0.15, 0.2) is 6.47 Å². The molecule has 0 saturated carbocycles. The molecular formula is C5H7NaO3-2. The van der Waals surface area contributed by atoms with Crippen molar-refractivity contribution in [1.29, 1.82) is 0 Å². The van der Waals surface area contributed by atoms with Crippen LogP contribution >= 0.6 is 0 Å². The molecule has 0 fully saturated rings. The van der Waals surface area contributed by atoms with Crippen molar-refractivity contribution in [2.75, 3.05) is 0 Å². The van der Waals surface area contributed by atoms with Crippen molar-refractivity contribution in [3.8, 4) is 0 Å². The van der Waals surface area contributed by atoms with Gasteiger partial charge < -0.3 is 28.2 Å². The van der Waals surface area contributed by atoms with E-state index in [4.69, 9.17) is 0 Å². The van der Waals surface area contributed by atoms with Gasteiger partial charge in [-0.2, -0.15) is 6.92 Å². The predicted octanol–water partition coefficient (Wildman–Crippen LogP) is -2.72. The van der Waals surface area contributed by atoms with E-state index in [0.29, 0.717) is 0 Å². The minimum atomic E-state index is -0.671. The van der Waals surface area contributed by atoms with E-state index in [9.17, 15) is 9.59 Å². The molecule has 0 radical (unpaired) electrons. The zero-order valence-electron chi connectivity index (χ0n) is 5.80. The standard InChI is InChI=1S/C4H4O3.CH3.Na/c1-2-4(6)7-3-5;;/h2H,1H3;1H3;/q-2;-1;+1. The van der Waals surface area contributed by atoms with Gasteiger partial charge in [-0.05, 0) is 0 Å². The monoisotopic (exact) mass is 138 g/mol. The molecule has 0 aliphatic rings. The third kappa shape index (κ3) is 11.5. The van der Waals surface area contributed by atoms with Crippen molar-refractivity contribution in [1.82, 2.24) is 0 Å². The molecule has 0 spiro atoms. The van der Waals surface area contributed by atoms with Crippen molar-refractivity contribution < 1.29 is 43.9 Å². The van der Waals surface area contributed by atoms with Crippen LogP contribution in [0.2, 0.25) is 0 Å². The second kappa shape index (κ2) is 10.9. The van der Waals surface area contributed by atoms with Gasteiger partial charge in [0.05, 0.1) is 0 Å². The molecule has 3 nitrogen and oxygen atoms in total. The van der Waals surface area contributed by atoms with Gasteiger partial charge in [-0.25, -0.2) is 0 Å². The molecule has 9 heavy (non-hydrogen) atoms. The van der Waals surface area contributed by atoms with E-state index in [1.165, 1.54) is 6.92 Å². The normalized spacial score (nSPS) is 5.44. The van der Waals surface area contributed by atoms with E-state index >= 15 is 0 Å². The molecule has 0 amide bonds. The van der Waals surface area contributed by atoms with E-state index in [0.717, 1.165) is 12.9 Å². The summed E-state index contributed by atoms with van der Waals surface area (Å²) in [6.07, 6.45) is 1.13. The molecule has 0 aromatic heterocycles. The largest absolute Gasteiger partial charge is 1.00 e. The summed E-state index contributed by atoms with van der Waals surface area (Å²) in [5, 5.41) is 0. The summed E-state index contributed by atoms with van der Waals surface area (Å²) >= 11 is 0. The molecule has 0 unspecified atom stereocenters. The fourth-order valence-corrected chi connectivity index (χ4v) is 0.1000. The van der Waals surface area contributed by atoms with Gasteiger partial charge in [0.2, 0.25) is 0 Å². The third-order valence-electron chi connectivity index (χ3n) is 0.378. The first-order chi connectivity index (χ1) is 3.31. The van der Waals surface area contributed by atoms with Gasteiger partial charge in [-0.15, -0.1) is 0 Å². The maximum absolute atomic E-state index is 9.87. The topological polar surface area (TPSA) is 43.4 Å². The Labute approximate surface area is 77.1 Å². The Morgan fingerprint density at radius 3 is 2.22 bits per heavy atom. The van der Waals surface area contributed by atoms with Crippen molar-refractivity contribution >= 4 is 12.4 Å². The Balaban J connectivity index is -0.000000180. The van der Waals surface area contributed by atoms with Gasteiger partial charge in [0.1, 0.15) is 0 Å². The van der Waals surface area contributed by atoms with E-state index in [1.807, 2.05) is 0 Å². The number of rotatable bonds is 2. The van der Waals surface area contributed by atoms with Crippen LogP contribution in [0.15, 0.2) is 0 Å². The van der Waals surface area contributed by atoms with Gasteiger partial charge in [0, 0.05) is 5.97 Å². The van der Waals surface area contributed by atoms with Crippen molar-refractivity contribution in [3.05, 3.63) is 13.8 Å². The number of hydrogen-bond acceptors (Lipinski definition) is 3. The summed E-state index contributed by atoms with van der Waals surface area (Å²) < 4.78 is 3.69. The molecule has 48 valence electrons. The van der Waals surface area contributed by atoms with Crippen LogP contribution in [-0.2, 0) is 14.3 Å². The molecule has 0 atom stereocenters. The number of carbonyl (C=O) groups excluding carboxylic acids is 2. The maximum Gasteiger partial charge on any atom is 1.00 e. The molecule has 0 aliphatic carbocycles. The fraction of sp³-hybridized carbons (Fsp3) is 0.200. The van der Waals surface area contributed by atoms with Crippen molar-refractivity contribution in [2.24, 2.45) is 0 Å². The average Bonchev–Trinajstić information content (AvgIpc) is 1.68. The Morgan fingerprint density at radius 1 is 1.67 bits per heavy atom. The molecule has 0 bridgehead atoms. The summed E-state index contributed by atoms with van der Waals surface area (Å²) in [6.45, 7) is 2.46. The zero-order valence-corrected chi connectivity index (χ0v) is 7.80. The number of hydrogen-bond donors (Lipinski definition) is 0. The van der Waals surface area contributed by atoms with E-state index in [-0.39, 0.29) is 37.0 Å². The molecular weight excluding hydrogens is 131 g/mol. The minimum Gasteiger partial charge on any atom is -0.606 e. The molecule has 4 heteroatoms. The summed E-state index contributed by atoms with van der Waals surface area (Å²) in [6, 6.07) is 0. The van der Waals surface area contributed by atoms with Crippen LogP contribution in [0, 0.1) is 13.8 Å². The van der Waals surface area contributed by atoms with Gasteiger partial charge in [0.25, 0.3) is 0 Å². The average molecular weight is 138 g/mol. The van der Waals surface area contributed by atoms with E-state index in [1.54, 1.807) is 0 Å². The van der Waals surface area contributed by atoms with Crippen LogP contribution in [0.3, 0.4) is 0 Å². The smallest absolute Gasteiger partial charge is 0.606 e. The summed E-state index contributed by atoms with van der Waals surface area (Å²) in [5.41, 5.74) is 0. The fourth-order valence-electron chi connectivity index (χ4n) is 0.1000. The van der Waals surface area contributed by atoms with Crippen molar-refractivity contribution in [3.63, 3.8) is 0 Å². The molecule has 0 aromatic rings. The van der Waals surface area contributed by atoms with Crippen LogP contribution in [0.25, 0.3) is 0 Å². The van der Waals surface area contributed by atoms with Crippen LogP contribution < -0.4 is 29.6 Å². The Bertz CT molecular complexity index is 82.3. The third-order valence-corrected chi connectivity index (χ3v) is 0.378. The van der Waals surface area contributed by atoms with Crippen LogP contribution in [0.4, 0.5) is 0 Å². The van der Waals surface area contributed by atoms with E-state index < -0.39 is 5.97 Å². The summed E-state index contributed by atoms with van der Waals surface area (Å²) in [4.78, 5) is 19.1. The van der Waals surface area contributed by atoms with Crippen molar-refractivity contribution in [2.45, 2.75) is 6.92 Å². The number of carbonyl (C=O) groups is 1. The van der Waals surface area contributed by atoms with Gasteiger partial charge >= 0.3 is 29.6 Å². The SMILES string of the molecule is C[CH-]C(=O)O[C-]=O.[CH3-].[Na+]. The van der Waals surface area contributed by atoms with Crippen LogP contribution in [-0.4, -0.2) is 12.4 Å². The van der Waals surface area contributed by atoms with Gasteiger partial charge in [-0.3, -0.25) is 0 Å². The zero-order chi connectivity index (χ0) is 5.70. The quantitative estimate of drug-likeness (QED) is 0.180. The first-order valence-corrected chi connectivity index (χ1v) is 1.68. The summed E-state index contributed by atoms with van der Waals surface area (Å²) in [7, 11) is 0.